The molecule has 1 saturated heterocycles. The second-order valence-corrected chi connectivity index (χ2v) is 5.48. The molecule has 14 heavy (non-hydrogen) atoms. The lowest BCUT2D eigenvalue weighted by molar-refractivity contribution is -0.154. The molecule has 2 heteroatoms. The number of nitrogens with zero attached hydrogens (tertiary/aromatic N) is 1. The van der Waals surface area contributed by atoms with Gasteiger partial charge in [-0.15, -0.1) is 0 Å². The van der Waals surface area contributed by atoms with Crippen molar-refractivity contribution in [1.82, 2.24) is 5.06 Å². The summed E-state index contributed by atoms with van der Waals surface area (Å²) in [5.41, 5.74) is 0.522. The van der Waals surface area contributed by atoms with E-state index in [0.717, 1.165) is 11.8 Å². The van der Waals surface area contributed by atoms with Gasteiger partial charge in [-0.1, -0.05) is 18.6 Å². The van der Waals surface area contributed by atoms with Crippen molar-refractivity contribution in [2.75, 3.05) is 7.05 Å². The Kier molecular flexibility index (Phi) is 1.27. The van der Waals surface area contributed by atoms with Crippen LogP contribution in [0.2, 0.25) is 0 Å². The van der Waals surface area contributed by atoms with E-state index in [9.17, 15) is 0 Å². The Morgan fingerprint density at radius 3 is 3.29 bits per heavy atom. The third-order valence-electron chi connectivity index (χ3n) is 5.15. The van der Waals surface area contributed by atoms with Crippen LogP contribution in [0.15, 0.2) is 12.2 Å². The zero-order valence-corrected chi connectivity index (χ0v) is 8.65. The normalized spacial score (nSPS) is 59.5. The summed E-state index contributed by atoms with van der Waals surface area (Å²) in [6.07, 6.45) is 10.9. The number of hydroxylamine groups is 2. The Bertz CT molecular complexity index is 313. The fourth-order valence-electron chi connectivity index (χ4n) is 4.71. The molecule has 2 nitrogen and oxygen atoms in total. The molecule has 4 rings (SSSR count). The molecule has 0 radical (unpaired) electrons. The second-order valence-electron chi connectivity index (χ2n) is 5.48. The maximum atomic E-state index is 6.06. The maximum Gasteiger partial charge on any atom is 0.0933 e. The minimum atomic E-state index is 0.522. The van der Waals surface area contributed by atoms with Crippen LogP contribution in [0.5, 0.6) is 0 Å². The quantitative estimate of drug-likeness (QED) is 0.543. The fraction of sp³-hybridized carbons (Fsp3) is 0.833. The second kappa shape index (κ2) is 2.25. The summed E-state index contributed by atoms with van der Waals surface area (Å²) in [5, 5.41) is 2.17. The first kappa shape index (κ1) is 7.89. The Morgan fingerprint density at radius 1 is 1.43 bits per heavy atom. The van der Waals surface area contributed by atoms with E-state index in [-0.39, 0.29) is 0 Å². The molecule has 1 heterocycles. The predicted octanol–water partition coefficient (Wildman–Crippen LogP) is 1.98. The zero-order chi connectivity index (χ0) is 9.34. The molecule has 0 amide bonds. The molecule has 1 spiro atoms. The summed E-state index contributed by atoms with van der Waals surface area (Å²) in [6, 6.07) is 0.715. The summed E-state index contributed by atoms with van der Waals surface area (Å²) in [7, 11) is 2.13. The first-order chi connectivity index (χ1) is 6.82. The van der Waals surface area contributed by atoms with Gasteiger partial charge in [-0.3, -0.25) is 4.84 Å². The SMILES string of the molecule is CN1O[C@@H]2[C@H]3C=C[C@H](C3)[C@@]23CCC[C@@H]13. The first-order valence-corrected chi connectivity index (χ1v) is 5.90. The van der Waals surface area contributed by atoms with Crippen LogP contribution in [-0.2, 0) is 4.84 Å². The van der Waals surface area contributed by atoms with Gasteiger partial charge in [-0.25, -0.2) is 0 Å². The number of allylic oxidation sites excluding steroid dienone is 1. The molecule has 0 aromatic heterocycles. The lowest BCUT2D eigenvalue weighted by Gasteiger charge is -2.34. The van der Waals surface area contributed by atoms with E-state index in [1.807, 2.05) is 0 Å². The molecule has 3 aliphatic carbocycles. The highest BCUT2D eigenvalue weighted by molar-refractivity contribution is 5.25. The lowest BCUT2D eigenvalue weighted by atomic mass is 9.70. The molecule has 0 aromatic rings. The van der Waals surface area contributed by atoms with Crippen LogP contribution in [0, 0.1) is 17.3 Å². The predicted molar refractivity (Wildman–Crippen MR) is 53.4 cm³/mol. The molecule has 76 valence electrons. The van der Waals surface area contributed by atoms with Gasteiger partial charge in [0.05, 0.1) is 6.10 Å². The largest absolute Gasteiger partial charge is 0.294 e. The highest BCUT2D eigenvalue weighted by Gasteiger charge is 2.67. The number of hydrogen-bond donors (Lipinski definition) is 0. The molecule has 5 atom stereocenters. The smallest absolute Gasteiger partial charge is 0.0933 e. The van der Waals surface area contributed by atoms with Crippen molar-refractivity contribution < 1.29 is 4.84 Å². The van der Waals surface area contributed by atoms with Crippen LogP contribution in [0.3, 0.4) is 0 Å². The zero-order valence-electron chi connectivity index (χ0n) is 8.65. The lowest BCUT2D eigenvalue weighted by Crippen LogP contribution is -2.40. The van der Waals surface area contributed by atoms with Gasteiger partial charge in [0, 0.05) is 24.4 Å². The molecule has 0 aromatic carbocycles. The van der Waals surface area contributed by atoms with Gasteiger partial charge < -0.3 is 0 Å². The molecule has 0 unspecified atom stereocenters. The van der Waals surface area contributed by atoms with Crippen LogP contribution in [-0.4, -0.2) is 24.3 Å². The summed E-state index contributed by atoms with van der Waals surface area (Å²) >= 11 is 0. The third kappa shape index (κ3) is 0.636. The topological polar surface area (TPSA) is 12.5 Å². The number of hydrogen-bond acceptors (Lipinski definition) is 2. The van der Waals surface area contributed by atoms with E-state index < -0.39 is 0 Å². The van der Waals surface area contributed by atoms with Crippen LogP contribution in [0.4, 0.5) is 0 Å². The van der Waals surface area contributed by atoms with Crippen molar-refractivity contribution in [2.24, 2.45) is 17.3 Å². The number of fused-ring (bicyclic) bond motifs is 3. The van der Waals surface area contributed by atoms with Gasteiger partial charge in [0.25, 0.3) is 0 Å². The average Bonchev–Trinajstić information content (AvgIpc) is 2.84. The van der Waals surface area contributed by atoms with Crippen molar-refractivity contribution in [1.29, 1.82) is 0 Å². The Labute approximate surface area is 84.9 Å². The van der Waals surface area contributed by atoms with Gasteiger partial charge >= 0.3 is 0 Å². The van der Waals surface area contributed by atoms with Crippen molar-refractivity contribution >= 4 is 0 Å². The Balaban J connectivity index is 1.86. The van der Waals surface area contributed by atoms with Crippen molar-refractivity contribution in [3.05, 3.63) is 12.2 Å². The summed E-state index contributed by atoms with van der Waals surface area (Å²) < 4.78 is 0. The molecule has 1 aliphatic heterocycles. The Morgan fingerprint density at radius 2 is 2.36 bits per heavy atom. The first-order valence-electron chi connectivity index (χ1n) is 5.90. The van der Waals surface area contributed by atoms with Gasteiger partial charge in [-0.05, 0) is 25.2 Å². The van der Waals surface area contributed by atoms with Crippen molar-refractivity contribution in [3.63, 3.8) is 0 Å². The minimum Gasteiger partial charge on any atom is -0.294 e. The van der Waals surface area contributed by atoms with E-state index in [2.05, 4.69) is 24.3 Å². The number of rotatable bonds is 0. The summed E-state index contributed by atoms with van der Waals surface area (Å²) in [6.45, 7) is 0. The molecular formula is C12H17NO. The monoisotopic (exact) mass is 191 g/mol. The highest BCUT2D eigenvalue weighted by Crippen LogP contribution is 2.65. The molecule has 0 N–H and O–H groups in total. The van der Waals surface area contributed by atoms with Gasteiger partial charge in [0.1, 0.15) is 0 Å². The van der Waals surface area contributed by atoms with Crippen LogP contribution in [0.1, 0.15) is 25.7 Å². The van der Waals surface area contributed by atoms with Crippen LogP contribution < -0.4 is 0 Å². The maximum absolute atomic E-state index is 6.06. The Hall–Kier alpha value is -0.340. The molecular weight excluding hydrogens is 174 g/mol. The minimum absolute atomic E-state index is 0.522. The van der Waals surface area contributed by atoms with Crippen LogP contribution >= 0.6 is 0 Å². The average molecular weight is 191 g/mol. The molecule has 2 bridgehead atoms. The van der Waals surface area contributed by atoms with Gasteiger partial charge in [-0.2, -0.15) is 5.06 Å². The standard InChI is InChI=1S/C12H17NO/c1-13-10-3-2-6-12(10)9-5-4-8(7-9)11(12)14-13/h4-5,8-11H,2-3,6-7H2,1H3/t8-,9+,10+,11+,12+/m0/s1. The summed E-state index contributed by atoms with van der Waals surface area (Å²) in [4.78, 5) is 6.06. The van der Waals surface area contributed by atoms with Gasteiger partial charge in [0.15, 0.2) is 0 Å². The van der Waals surface area contributed by atoms with Gasteiger partial charge in [0.2, 0.25) is 0 Å². The molecule has 2 saturated carbocycles. The van der Waals surface area contributed by atoms with Crippen LogP contribution in [0.25, 0.3) is 0 Å². The van der Waals surface area contributed by atoms with E-state index in [1.54, 1.807) is 0 Å². The molecule has 4 aliphatic rings. The third-order valence-corrected chi connectivity index (χ3v) is 5.15. The van der Waals surface area contributed by atoms with E-state index in [0.29, 0.717) is 17.6 Å². The molecule has 3 fully saturated rings. The fourth-order valence-corrected chi connectivity index (χ4v) is 4.71. The van der Waals surface area contributed by atoms with Crippen molar-refractivity contribution in [2.45, 2.75) is 37.8 Å². The van der Waals surface area contributed by atoms with E-state index in [1.165, 1.54) is 25.7 Å². The summed E-state index contributed by atoms with van der Waals surface area (Å²) in [5.74, 6) is 1.56. The van der Waals surface area contributed by atoms with E-state index in [4.69, 9.17) is 4.84 Å². The van der Waals surface area contributed by atoms with E-state index >= 15 is 0 Å². The van der Waals surface area contributed by atoms with Crippen molar-refractivity contribution in [3.8, 4) is 0 Å². The highest BCUT2D eigenvalue weighted by atomic mass is 16.7.